The van der Waals surface area contributed by atoms with Gasteiger partial charge in [-0.2, -0.15) is 5.10 Å². The van der Waals surface area contributed by atoms with E-state index in [2.05, 4.69) is 35.4 Å². The van der Waals surface area contributed by atoms with Gasteiger partial charge in [0.05, 0.1) is 0 Å². The van der Waals surface area contributed by atoms with Crippen LogP contribution in [0.5, 0.6) is 0 Å². The first-order valence-corrected chi connectivity index (χ1v) is 8.88. The van der Waals surface area contributed by atoms with Crippen LogP contribution >= 0.6 is 0 Å². The first-order chi connectivity index (χ1) is 12.2. The largest absolute Gasteiger partial charge is 0.355 e. The molecule has 1 saturated heterocycles. The third kappa shape index (κ3) is 3.33. The molecule has 0 unspecified atom stereocenters. The van der Waals surface area contributed by atoms with E-state index in [-0.39, 0.29) is 11.8 Å². The van der Waals surface area contributed by atoms with Crippen LogP contribution in [0.25, 0.3) is 0 Å². The second-order valence-electron chi connectivity index (χ2n) is 6.93. The first kappa shape index (κ1) is 16.0. The van der Waals surface area contributed by atoms with Gasteiger partial charge in [0.25, 0.3) is 0 Å². The number of nitrogens with one attached hydrogen (secondary N) is 2. The van der Waals surface area contributed by atoms with Crippen molar-refractivity contribution in [3.8, 4) is 0 Å². The Labute approximate surface area is 146 Å². The number of aryl methyl sites for hydroxylation is 1. The summed E-state index contributed by atoms with van der Waals surface area (Å²) in [7, 11) is 0. The summed E-state index contributed by atoms with van der Waals surface area (Å²) in [6.45, 7) is 4.29. The maximum Gasteiger partial charge on any atom is 0.225 e. The van der Waals surface area contributed by atoms with Gasteiger partial charge in [-0.25, -0.2) is 15.0 Å². The van der Waals surface area contributed by atoms with E-state index in [1.54, 1.807) is 12.4 Å². The topological polar surface area (TPSA) is 99.7 Å². The van der Waals surface area contributed by atoms with Crippen molar-refractivity contribution in [3.05, 3.63) is 30.1 Å². The molecule has 0 bridgehead atoms. The summed E-state index contributed by atoms with van der Waals surface area (Å²) in [5.41, 5.74) is 0. The summed E-state index contributed by atoms with van der Waals surface area (Å²) in [5.74, 6) is 3.64. The van der Waals surface area contributed by atoms with Gasteiger partial charge in [0.2, 0.25) is 11.9 Å². The molecule has 1 aliphatic heterocycles. The molecule has 2 N–H and O–H groups in total. The SMILES string of the molecule is Cc1nc(CCNC(=O)[C@@H]2C[C@H]3CCN(c4ncccn4)C[C@H]32)n[nH]1. The van der Waals surface area contributed by atoms with Crippen molar-refractivity contribution in [3.63, 3.8) is 0 Å². The highest BCUT2D eigenvalue weighted by atomic mass is 16.1. The summed E-state index contributed by atoms with van der Waals surface area (Å²) in [4.78, 5) is 27.6. The lowest BCUT2D eigenvalue weighted by atomic mass is 9.61. The molecular formula is C17H23N7O. The second kappa shape index (κ2) is 6.78. The van der Waals surface area contributed by atoms with E-state index in [0.717, 1.165) is 43.5 Å². The van der Waals surface area contributed by atoms with Crippen LogP contribution in [-0.2, 0) is 11.2 Å². The van der Waals surface area contributed by atoms with Crippen molar-refractivity contribution in [1.82, 2.24) is 30.5 Å². The van der Waals surface area contributed by atoms with Crippen LogP contribution in [0.2, 0.25) is 0 Å². The Balaban J connectivity index is 1.29. The summed E-state index contributed by atoms with van der Waals surface area (Å²) in [6.07, 6.45) is 6.30. The molecule has 0 spiro atoms. The molecule has 0 aromatic carbocycles. The lowest BCUT2D eigenvalue weighted by Crippen LogP contribution is -2.55. The minimum absolute atomic E-state index is 0.102. The maximum atomic E-state index is 12.5. The predicted molar refractivity (Wildman–Crippen MR) is 91.8 cm³/mol. The molecule has 2 aromatic heterocycles. The zero-order valence-electron chi connectivity index (χ0n) is 14.4. The fourth-order valence-corrected chi connectivity index (χ4v) is 3.95. The van der Waals surface area contributed by atoms with Gasteiger partial charge in [-0.05, 0) is 37.7 Å². The molecular weight excluding hydrogens is 318 g/mol. The van der Waals surface area contributed by atoms with Crippen LogP contribution in [0.15, 0.2) is 18.5 Å². The van der Waals surface area contributed by atoms with Crippen molar-refractivity contribution in [2.75, 3.05) is 24.5 Å². The summed E-state index contributed by atoms with van der Waals surface area (Å²) in [5, 5.41) is 9.96. The number of anilines is 1. The average molecular weight is 341 g/mol. The van der Waals surface area contributed by atoms with E-state index in [0.29, 0.717) is 24.8 Å². The highest BCUT2D eigenvalue weighted by molar-refractivity contribution is 5.80. The fraction of sp³-hybridized carbons (Fsp3) is 0.588. The highest BCUT2D eigenvalue weighted by Gasteiger charge is 2.47. The van der Waals surface area contributed by atoms with Crippen molar-refractivity contribution in [1.29, 1.82) is 0 Å². The van der Waals surface area contributed by atoms with Crippen molar-refractivity contribution in [2.24, 2.45) is 17.8 Å². The Bertz CT molecular complexity index is 732. The fourth-order valence-electron chi connectivity index (χ4n) is 3.95. The average Bonchev–Trinajstić information content (AvgIpc) is 3.02. The molecule has 1 aliphatic carbocycles. The Morgan fingerprint density at radius 1 is 1.40 bits per heavy atom. The number of piperidine rings is 1. The molecule has 1 saturated carbocycles. The molecule has 25 heavy (non-hydrogen) atoms. The lowest BCUT2D eigenvalue weighted by Gasteiger charge is -2.50. The molecule has 132 valence electrons. The van der Waals surface area contributed by atoms with Crippen LogP contribution in [-0.4, -0.2) is 50.7 Å². The molecule has 4 rings (SSSR count). The number of aromatic amines is 1. The van der Waals surface area contributed by atoms with Crippen LogP contribution < -0.4 is 10.2 Å². The molecule has 2 aliphatic rings. The molecule has 3 heterocycles. The van der Waals surface area contributed by atoms with E-state index in [4.69, 9.17) is 0 Å². The van der Waals surface area contributed by atoms with Crippen molar-refractivity contribution < 1.29 is 4.79 Å². The predicted octanol–water partition coefficient (Wildman–Crippen LogP) is 0.724. The first-order valence-electron chi connectivity index (χ1n) is 8.88. The van der Waals surface area contributed by atoms with E-state index in [9.17, 15) is 4.79 Å². The number of hydrogen-bond donors (Lipinski definition) is 2. The van der Waals surface area contributed by atoms with Gasteiger partial charge in [-0.15, -0.1) is 0 Å². The summed E-state index contributed by atoms with van der Waals surface area (Å²) >= 11 is 0. The van der Waals surface area contributed by atoms with Gasteiger partial charge in [0.1, 0.15) is 5.82 Å². The molecule has 2 fully saturated rings. The van der Waals surface area contributed by atoms with E-state index < -0.39 is 0 Å². The van der Waals surface area contributed by atoms with E-state index in [1.165, 1.54) is 0 Å². The Morgan fingerprint density at radius 2 is 2.24 bits per heavy atom. The van der Waals surface area contributed by atoms with Gasteiger partial charge in [0, 0.05) is 44.4 Å². The van der Waals surface area contributed by atoms with Crippen LogP contribution in [0.4, 0.5) is 5.95 Å². The summed E-state index contributed by atoms with van der Waals surface area (Å²) in [6, 6.07) is 1.82. The molecule has 0 radical (unpaired) electrons. The molecule has 3 atom stereocenters. The maximum absolute atomic E-state index is 12.5. The van der Waals surface area contributed by atoms with Crippen LogP contribution in [0, 0.1) is 24.7 Å². The number of carbonyl (C=O) groups excluding carboxylic acids is 1. The quantitative estimate of drug-likeness (QED) is 0.831. The minimum Gasteiger partial charge on any atom is -0.355 e. The number of rotatable bonds is 5. The number of hydrogen-bond acceptors (Lipinski definition) is 6. The molecule has 8 nitrogen and oxygen atoms in total. The van der Waals surface area contributed by atoms with E-state index >= 15 is 0 Å². The number of fused-ring (bicyclic) bond motifs is 1. The number of carbonyl (C=O) groups is 1. The molecule has 1 amide bonds. The second-order valence-corrected chi connectivity index (χ2v) is 6.93. The van der Waals surface area contributed by atoms with E-state index in [1.807, 2.05) is 13.0 Å². The normalized spacial score (nSPS) is 25.2. The Hall–Kier alpha value is -2.51. The third-order valence-corrected chi connectivity index (χ3v) is 5.34. The smallest absolute Gasteiger partial charge is 0.225 e. The van der Waals surface area contributed by atoms with Crippen molar-refractivity contribution >= 4 is 11.9 Å². The van der Waals surface area contributed by atoms with Gasteiger partial charge >= 0.3 is 0 Å². The Morgan fingerprint density at radius 3 is 3.00 bits per heavy atom. The monoisotopic (exact) mass is 341 g/mol. The molecule has 2 aromatic rings. The summed E-state index contributed by atoms with van der Waals surface area (Å²) < 4.78 is 0. The number of aromatic nitrogens is 5. The minimum atomic E-state index is 0.102. The van der Waals surface area contributed by atoms with Gasteiger partial charge in [0.15, 0.2) is 5.82 Å². The Kier molecular flexibility index (Phi) is 4.33. The zero-order chi connectivity index (χ0) is 17.2. The number of H-pyrrole nitrogens is 1. The van der Waals surface area contributed by atoms with Gasteiger partial charge in [-0.3, -0.25) is 9.89 Å². The van der Waals surface area contributed by atoms with Crippen molar-refractivity contribution in [2.45, 2.75) is 26.2 Å². The number of amides is 1. The van der Waals surface area contributed by atoms with Gasteiger partial charge in [-0.1, -0.05) is 0 Å². The van der Waals surface area contributed by atoms with Crippen LogP contribution in [0.3, 0.4) is 0 Å². The van der Waals surface area contributed by atoms with Gasteiger partial charge < -0.3 is 10.2 Å². The lowest BCUT2D eigenvalue weighted by molar-refractivity contribution is -0.133. The highest BCUT2D eigenvalue weighted by Crippen LogP contribution is 2.46. The number of nitrogens with zero attached hydrogens (tertiary/aromatic N) is 5. The standard InChI is InChI=1S/C17H23N7O/c1-11-21-15(23-22-11)3-7-18-16(25)13-9-12-4-8-24(10-14(12)13)17-19-5-2-6-20-17/h2,5-6,12-14H,3-4,7-10H2,1H3,(H,18,25)(H,21,22,23)/t12-,13-,14-/m1/s1. The third-order valence-electron chi connectivity index (χ3n) is 5.34. The zero-order valence-corrected chi connectivity index (χ0v) is 14.4. The van der Waals surface area contributed by atoms with Crippen LogP contribution in [0.1, 0.15) is 24.5 Å². The molecule has 8 heteroatoms.